The van der Waals surface area contributed by atoms with Gasteiger partial charge in [-0.05, 0) is 70.3 Å². The molecule has 2 rings (SSSR count). The van der Waals surface area contributed by atoms with Crippen LogP contribution in [0.3, 0.4) is 0 Å². The van der Waals surface area contributed by atoms with E-state index in [4.69, 9.17) is 9.47 Å². The average molecular weight is 319 g/mol. The molecule has 0 amide bonds. The summed E-state index contributed by atoms with van der Waals surface area (Å²) in [4.78, 5) is 14.3. The molecular weight excluding hydrogens is 290 g/mol. The Morgan fingerprint density at radius 1 is 1.26 bits per heavy atom. The molecule has 1 aliphatic heterocycles. The number of piperidine rings is 1. The Kier molecular flexibility index (Phi) is 6.90. The summed E-state index contributed by atoms with van der Waals surface area (Å²) in [5.41, 5.74) is 1.35. The summed E-state index contributed by atoms with van der Waals surface area (Å²) < 4.78 is 10.3. The number of aryl methyl sites for hydroxylation is 1. The van der Waals surface area contributed by atoms with E-state index >= 15 is 0 Å². The molecule has 0 bridgehead atoms. The first-order valence-corrected chi connectivity index (χ1v) is 8.67. The fourth-order valence-electron chi connectivity index (χ4n) is 3.19. The van der Waals surface area contributed by atoms with Crippen LogP contribution in [0.15, 0.2) is 24.3 Å². The predicted octanol–water partition coefficient (Wildman–Crippen LogP) is 3.29. The van der Waals surface area contributed by atoms with Gasteiger partial charge in [0, 0.05) is 6.04 Å². The first-order valence-electron chi connectivity index (χ1n) is 8.67. The number of ether oxygens (including phenoxy) is 2. The second-order valence-electron chi connectivity index (χ2n) is 6.30. The van der Waals surface area contributed by atoms with Gasteiger partial charge in [0.05, 0.1) is 19.6 Å². The molecule has 0 N–H and O–H groups in total. The summed E-state index contributed by atoms with van der Waals surface area (Å²) in [6, 6.07) is 8.85. The Hall–Kier alpha value is -1.55. The van der Waals surface area contributed by atoms with Crippen LogP contribution in [-0.4, -0.2) is 43.7 Å². The smallest absolute Gasteiger partial charge is 0.309 e. The van der Waals surface area contributed by atoms with Crippen LogP contribution in [0.2, 0.25) is 0 Å². The van der Waals surface area contributed by atoms with Crippen molar-refractivity contribution < 1.29 is 14.3 Å². The summed E-state index contributed by atoms with van der Waals surface area (Å²) in [5, 5.41) is 0. The molecule has 23 heavy (non-hydrogen) atoms. The van der Waals surface area contributed by atoms with E-state index in [1.165, 1.54) is 5.56 Å². The Labute approximate surface area is 139 Å². The third kappa shape index (κ3) is 5.24. The highest BCUT2D eigenvalue weighted by Gasteiger charge is 2.27. The van der Waals surface area contributed by atoms with Gasteiger partial charge >= 0.3 is 5.97 Å². The van der Waals surface area contributed by atoms with E-state index in [1.54, 1.807) is 7.11 Å². The van der Waals surface area contributed by atoms with Gasteiger partial charge in [0.2, 0.25) is 0 Å². The van der Waals surface area contributed by atoms with Gasteiger partial charge in [-0.2, -0.15) is 0 Å². The van der Waals surface area contributed by atoms with E-state index in [0.717, 1.165) is 44.5 Å². The third-order valence-corrected chi connectivity index (χ3v) is 4.78. The van der Waals surface area contributed by atoms with Crippen molar-refractivity contribution in [2.24, 2.45) is 5.92 Å². The van der Waals surface area contributed by atoms with Crippen molar-refractivity contribution >= 4 is 5.97 Å². The van der Waals surface area contributed by atoms with Gasteiger partial charge in [0.15, 0.2) is 0 Å². The number of hydrogen-bond acceptors (Lipinski definition) is 4. The highest BCUT2D eigenvalue weighted by Crippen LogP contribution is 2.22. The Bertz CT molecular complexity index is 478. The molecule has 1 heterocycles. The lowest BCUT2D eigenvalue weighted by molar-refractivity contribution is -0.149. The maximum absolute atomic E-state index is 11.8. The van der Waals surface area contributed by atoms with Crippen molar-refractivity contribution in [1.82, 2.24) is 4.90 Å². The van der Waals surface area contributed by atoms with Crippen LogP contribution in [0.5, 0.6) is 5.75 Å². The minimum Gasteiger partial charge on any atom is -0.497 e. The minimum atomic E-state index is -0.0157. The zero-order chi connectivity index (χ0) is 16.7. The number of carbonyl (C=O) groups is 1. The van der Waals surface area contributed by atoms with E-state index in [0.29, 0.717) is 12.6 Å². The summed E-state index contributed by atoms with van der Waals surface area (Å²) in [5.74, 6) is 0.987. The molecule has 1 aromatic rings. The van der Waals surface area contributed by atoms with Gasteiger partial charge in [-0.15, -0.1) is 0 Å². The Balaban J connectivity index is 1.74. The molecule has 128 valence electrons. The van der Waals surface area contributed by atoms with Crippen LogP contribution in [-0.2, 0) is 16.0 Å². The minimum absolute atomic E-state index is 0.0157. The molecule has 0 aromatic heterocycles. The number of benzene rings is 1. The van der Waals surface area contributed by atoms with E-state index in [2.05, 4.69) is 24.0 Å². The fraction of sp³-hybridized carbons (Fsp3) is 0.632. The number of carbonyl (C=O) groups excluding carboxylic acids is 1. The van der Waals surface area contributed by atoms with Gasteiger partial charge in [-0.25, -0.2) is 0 Å². The predicted molar refractivity (Wildman–Crippen MR) is 91.7 cm³/mol. The maximum Gasteiger partial charge on any atom is 0.309 e. The topological polar surface area (TPSA) is 38.8 Å². The first-order chi connectivity index (χ1) is 11.1. The van der Waals surface area contributed by atoms with Crippen molar-refractivity contribution in [1.29, 1.82) is 0 Å². The molecule has 1 saturated heterocycles. The van der Waals surface area contributed by atoms with Crippen LogP contribution in [0.1, 0.15) is 38.7 Å². The largest absolute Gasteiger partial charge is 0.497 e. The third-order valence-electron chi connectivity index (χ3n) is 4.78. The lowest BCUT2D eigenvalue weighted by atomic mass is 9.95. The molecule has 0 unspecified atom stereocenters. The SMILES string of the molecule is CCOC(=O)C1CCN([C@H](C)CCc2ccc(OC)cc2)CC1. The van der Waals surface area contributed by atoms with E-state index in [9.17, 15) is 4.79 Å². The molecule has 1 atom stereocenters. The quantitative estimate of drug-likeness (QED) is 0.723. The lowest BCUT2D eigenvalue weighted by Crippen LogP contribution is -2.42. The zero-order valence-corrected chi connectivity index (χ0v) is 14.6. The number of rotatable bonds is 7. The van der Waals surface area contributed by atoms with Gasteiger partial charge in [-0.1, -0.05) is 12.1 Å². The Morgan fingerprint density at radius 3 is 2.48 bits per heavy atom. The highest BCUT2D eigenvalue weighted by atomic mass is 16.5. The second kappa shape index (κ2) is 8.92. The molecule has 0 aliphatic carbocycles. The zero-order valence-electron chi connectivity index (χ0n) is 14.6. The van der Waals surface area contributed by atoms with E-state index in [1.807, 2.05) is 19.1 Å². The number of esters is 1. The standard InChI is InChI=1S/C19H29NO3/c1-4-23-19(21)17-11-13-20(14-12-17)15(2)5-6-16-7-9-18(22-3)10-8-16/h7-10,15,17H,4-6,11-14H2,1-3H3/t15-/m1/s1. The molecule has 1 aliphatic rings. The normalized spacial score (nSPS) is 17.7. The molecular formula is C19H29NO3. The monoisotopic (exact) mass is 319 g/mol. The summed E-state index contributed by atoms with van der Waals surface area (Å²) >= 11 is 0. The van der Waals surface area contributed by atoms with Crippen LogP contribution in [0.25, 0.3) is 0 Å². The summed E-state index contributed by atoms with van der Waals surface area (Å²) in [6.07, 6.45) is 4.05. The van der Waals surface area contributed by atoms with Gasteiger partial charge in [0.25, 0.3) is 0 Å². The lowest BCUT2D eigenvalue weighted by Gasteiger charge is -2.35. The number of hydrogen-bond donors (Lipinski definition) is 0. The summed E-state index contributed by atoms with van der Waals surface area (Å²) in [6.45, 7) is 6.63. The van der Waals surface area contributed by atoms with E-state index < -0.39 is 0 Å². The number of likely N-dealkylation sites (tertiary alicyclic amines) is 1. The molecule has 0 spiro atoms. The molecule has 4 heteroatoms. The average Bonchev–Trinajstić information content (AvgIpc) is 2.60. The second-order valence-corrected chi connectivity index (χ2v) is 6.30. The van der Waals surface area contributed by atoms with Crippen LogP contribution in [0, 0.1) is 5.92 Å². The molecule has 0 radical (unpaired) electrons. The molecule has 4 nitrogen and oxygen atoms in total. The molecule has 1 fully saturated rings. The van der Waals surface area contributed by atoms with Crippen LogP contribution in [0.4, 0.5) is 0 Å². The van der Waals surface area contributed by atoms with E-state index in [-0.39, 0.29) is 11.9 Å². The molecule has 1 aromatic carbocycles. The van der Waals surface area contributed by atoms with Gasteiger partial charge in [-0.3, -0.25) is 4.79 Å². The summed E-state index contributed by atoms with van der Waals surface area (Å²) in [7, 11) is 1.69. The van der Waals surface area contributed by atoms with Crippen molar-refractivity contribution in [3.8, 4) is 5.75 Å². The highest BCUT2D eigenvalue weighted by molar-refractivity contribution is 5.72. The van der Waals surface area contributed by atoms with Crippen molar-refractivity contribution in [2.45, 2.75) is 45.6 Å². The van der Waals surface area contributed by atoms with Crippen LogP contribution < -0.4 is 4.74 Å². The van der Waals surface area contributed by atoms with Gasteiger partial charge in [0.1, 0.15) is 5.75 Å². The fourth-order valence-corrected chi connectivity index (χ4v) is 3.19. The van der Waals surface area contributed by atoms with Crippen molar-refractivity contribution in [3.63, 3.8) is 0 Å². The van der Waals surface area contributed by atoms with Gasteiger partial charge < -0.3 is 14.4 Å². The first kappa shape index (κ1) is 17.8. The molecule has 0 saturated carbocycles. The van der Waals surface area contributed by atoms with Crippen molar-refractivity contribution in [3.05, 3.63) is 29.8 Å². The Morgan fingerprint density at radius 2 is 1.91 bits per heavy atom. The van der Waals surface area contributed by atoms with Crippen LogP contribution >= 0.6 is 0 Å². The van der Waals surface area contributed by atoms with Crippen molar-refractivity contribution in [2.75, 3.05) is 26.8 Å². The maximum atomic E-state index is 11.8. The number of methoxy groups -OCH3 is 1. The number of nitrogens with zero attached hydrogens (tertiary/aromatic N) is 1.